The fraction of sp³-hybridized carbons (Fsp3) is 0.381. The lowest BCUT2D eigenvalue weighted by Gasteiger charge is -2.49. The van der Waals surface area contributed by atoms with Crippen molar-refractivity contribution in [3.05, 3.63) is 65.7 Å². The summed E-state index contributed by atoms with van der Waals surface area (Å²) in [7, 11) is 0. The third kappa shape index (κ3) is 4.35. The summed E-state index contributed by atoms with van der Waals surface area (Å²) < 4.78 is 8.70. The lowest BCUT2D eigenvalue weighted by Crippen LogP contribution is -2.58. The molecule has 4 rings (SSSR count). The first-order chi connectivity index (χ1) is 13.0. The van der Waals surface area contributed by atoms with Crippen molar-refractivity contribution < 1.29 is 14.6 Å². The Balaban J connectivity index is 1.41. The van der Waals surface area contributed by atoms with Crippen LogP contribution in [0.3, 0.4) is 0 Å². The van der Waals surface area contributed by atoms with Crippen LogP contribution in [0.5, 0.6) is 0 Å². The fourth-order valence-electron chi connectivity index (χ4n) is 3.38. The lowest BCUT2D eigenvalue weighted by molar-refractivity contribution is -0.138. The Morgan fingerprint density at radius 2 is 1.96 bits per heavy atom. The Hall–Kier alpha value is -1.86. The third-order valence-corrected chi connectivity index (χ3v) is 5.97. The Morgan fingerprint density at radius 1 is 1.22 bits per heavy atom. The first kappa shape index (κ1) is 18.5. The van der Waals surface area contributed by atoms with Crippen LogP contribution in [0, 0.1) is 0 Å². The quantitative estimate of drug-likeness (QED) is 0.682. The summed E-state index contributed by atoms with van der Waals surface area (Å²) in [6, 6.07) is 17.6. The van der Waals surface area contributed by atoms with Gasteiger partial charge in [0.2, 0.25) is 0 Å². The molecular weight excluding hydrogens is 360 g/mol. The third-order valence-electron chi connectivity index (χ3n) is 4.99. The zero-order valence-corrected chi connectivity index (χ0v) is 15.9. The normalized spacial score (nSPS) is 20.0. The van der Waals surface area contributed by atoms with E-state index in [9.17, 15) is 4.79 Å². The molecule has 1 saturated heterocycles. The van der Waals surface area contributed by atoms with Gasteiger partial charge in [0.25, 0.3) is 0 Å². The number of nitrogens with two attached hydrogens (primary N) is 1. The van der Waals surface area contributed by atoms with Crippen LogP contribution in [0.1, 0.15) is 24.0 Å². The Kier molecular flexibility index (Phi) is 5.23. The molecule has 2 aliphatic rings. The maximum absolute atomic E-state index is 11.0. The zero-order chi connectivity index (χ0) is 18.9. The molecule has 142 valence electrons. The molecule has 2 fully saturated rings. The van der Waals surface area contributed by atoms with Gasteiger partial charge >= 0.3 is 5.97 Å². The van der Waals surface area contributed by atoms with Gasteiger partial charge in [0.05, 0.1) is 6.10 Å². The maximum Gasteiger partial charge on any atom is 0.320 e. The molecule has 3 N–H and O–H groups in total. The Morgan fingerprint density at radius 3 is 2.63 bits per heavy atom. The predicted octanol–water partition coefficient (Wildman–Crippen LogP) is 3.04. The Labute approximate surface area is 163 Å². The highest BCUT2D eigenvalue weighted by atomic mass is 32.2. The highest BCUT2D eigenvalue weighted by Gasteiger charge is 2.49. The molecule has 2 aromatic carbocycles. The van der Waals surface area contributed by atoms with E-state index in [-0.39, 0.29) is 5.60 Å². The number of carboxylic acid groups (broad SMARTS) is 1. The van der Waals surface area contributed by atoms with Crippen molar-refractivity contribution in [2.75, 3.05) is 13.1 Å². The van der Waals surface area contributed by atoms with E-state index in [1.165, 1.54) is 5.56 Å². The van der Waals surface area contributed by atoms with Gasteiger partial charge in [-0.2, -0.15) is 0 Å². The molecule has 27 heavy (non-hydrogen) atoms. The lowest BCUT2D eigenvalue weighted by atomic mass is 9.88. The second-order valence-electron chi connectivity index (χ2n) is 7.36. The van der Waals surface area contributed by atoms with Gasteiger partial charge < -0.3 is 15.6 Å². The topological polar surface area (TPSA) is 75.8 Å². The average Bonchev–Trinajstić information content (AvgIpc) is 3.44. The SMILES string of the molecule is NC(Cc1cccc(SN2CC(OC3CC3)(c3ccccc3)C2)c1)C(=O)O. The minimum Gasteiger partial charge on any atom is -0.480 e. The predicted molar refractivity (Wildman–Crippen MR) is 105 cm³/mol. The standard InChI is InChI=1S/C21H24N2O3S/c22-19(20(24)25)12-15-5-4-8-18(11-15)27-23-13-21(14-23,26-17-9-10-17)16-6-2-1-3-7-16/h1-8,11,17,19H,9-10,12-14,22H2,(H,24,25). The number of nitrogens with zero attached hydrogens (tertiary/aromatic N) is 1. The molecule has 1 unspecified atom stereocenters. The van der Waals surface area contributed by atoms with E-state index >= 15 is 0 Å². The van der Waals surface area contributed by atoms with E-state index in [0.717, 1.165) is 36.4 Å². The molecule has 5 nitrogen and oxygen atoms in total. The first-order valence-corrected chi connectivity index (χ1v) is 10.0. The number of hydrogen-bond acceptors (Lipinski definition) is 5. The van der Waals surface area contributed by atoms with Crippen molar-refractivity contribution in [3.63, 3.8) is 0 Å². The molecule has 0 bridgehead atoms. The fourth-order valence-corrected chi connectivity index (χ4v) is 4.57. The van der Waals surface area contributed by atoms with E-state index in [4.69, 9.17) is 15.6 Å². The molecule has 1 heterocycles. The summed E-state index contributed by atoms with van der Waals surface area (Å²) in [6.07, 6.45) is 3.06. The van der Waals surface area contributed by atoms with Crippen molar-refractivity contribution in [1.82, 2.24) is 4.31 Å². The smallest absolute Gasteiger partial charge is 0.320 e. The van der Waals surface area contributed by atoms with E-state index < -0.39 is 12.0 Å². The maximum atomic E-state index is 11.0. The van der Waals surface area contributed by atoms with Gasteiger partial charge in [-0.05, 0) is 54.5 Å². The van der Waals surface area contributed by atoms with Crippen LogP contribution >= 0.6 is 11.9 Å². The van der Waals surface area contributed by atoms with Crippen LogP contribution in [-0.2, 0) is 21.6 Å². The van der Waals surface area contributed by atoms with Crippen molar-refractivity contribution >= 4 is 17.9 Å². The summed E-state index contributed by atoms with van der Waals surface area (Å²) in [6.45, 7) is 1.69. The van der Waals surface area contributed by atoms with Gasteiger partial charge in [-0.3, -0.25) is 4.79 Å². The molecule has 0 amide bonds. The van der Waals surface area contributed by atoms with Gasteiger partial charge in [0.15, 0.2) is 0 Å². The number of rotatable bonds is 8. The number of benzene rings is 2. The average molecular weight is 385 g/mol. The van der Waals surface area contributed by atoms with E-state index in [1.807, 2.05) is 30.3 Å². The molecule has 2 aromatic rings. The van der Waals surface area contributed by atoms with Gasteiger partial charge in [0, 0.05) is 18.0 Å². The largest absolute Gasteiger partial charge is 0.480 e. The molecule has 1 saturated carbocycles. The second-order valence-corrected chi connectivity index (χ2v) is 8.53. The van der Waals surface area contributed by atoms with Gasteiger partial charge in [0.1, 0.15) is 11.6 Å². The van der Waals surface area contributed by atoms with E-state index in [2.05, 4.69) is 28.6 Å². The number of carbonyl (C=O) groups is 1. The van der Waals surface area contributed by atoms with Crippen LogP contribution in [0.2, 0.25) is 0 Å². The number of aliphatic carboxylic acids is 1. The van der Waals surface area contributed by atoms with Crippen LogP contribution in [0.25, 0.3) is 0 Å². The van der Waals surface area contributed by atoms with Crippen LogP contribution in [-0.4, -0.2) is 40.6 Å². The van der Waals surface area contributed by atoms with E-state index in [1.54, 1.807) is 11.9 Å². The van der Waals surface area contributed by atoms with Crippen LogP contribution in [0.4, 0.5) is 0 Å². The van der Waals surface area contributed by atoms with Gasteiger partial charge in [-0.1, -0.05) is 42.5 Å². The molecule has 1 aliphatic heterocycles. The molecule has 0 spiro atoms. The molecular formula is C21H24N2O3S. The molecule has 1 aliphatic carbocycles. The molecule has 0 aromatic heterocycles. The minimum absolute atomic E-state index is 0.210. The van der Waals surface area contributed by atoms with Crippen molar-refractivity contribution in [2.45, 2.75) is 41.9 Å². The first-order valence-electron chi connectivity index (χ1n) is 9.28. The van der Waals surface area contributed by atoms with Crippen molar-refractivity contribution in [2.24, 2.45) is 5.73 Å². The van der Waals surface area contributed by atoms with Crippen molar-refractivity contribution in [1.29, 1.82) is 0 Å². The molecule has 6 heteroatoms. The monoisotopic (exact) mass is 384 g/mol. The van der Waals surface area contributed by atoms with Crippen molar-refractivity contribution in [3.8, 4) is 0 Å². The summed E-state index contributed by atoms with van der Waals surface area (Å²) in [5.74, 6) is -0.972. The second kappa shape index (κ2) is 7.64. The summed E-state index contributed by atoms with van der Waals surface area (Å²) in [5, 5.41) is 9.00. The van der Waals surface area contributed by atoms with Gasteiger partial charge in [-0.25, -0.2) is 4.31 Å². The van der Waals surface area contributed by atoms with E-state index in [0.29, 0.717) is 12.5 Å². The highest BCUT2D eigenvalue weighted by Crippen LogP contribution is 2.45. The summed E-state index contributed by atoms with van der Waals surface area (Å²) in [5.41, 5.74) is 7.64. The Bertz CT molecular complexity index is 804. The summed E-state index contributed by atoms with van der Waals surface area (Å²) >= 11 is 1.69. The number of hydrogen-bond donors (Lipinski definition) is 2. The minimum atomic E-state index is -0.972. The van der Waals surface area contributed by atoms with Crippen LogP contribution in [0.15, 0.2) is 59.5 Å². The van der Waals surface area contributed by atoms with Gasteiger partial charge in [-0.15, -0.1) is 0 Å². The number of ether oxygens (including phenoxy) is 1. The number of carboxylic acids is 1. The molecule has 1 atom stereocenters. The zero-order valence-electron chi connectivity index (χ0n) is 15.1. The highest BCUT2D eigenvalue weighted by molar-refractivity contribution is 7.97. The molecule has 0 radical (unpaired) electrons. The van der Waals surface area contributed by atoms with Crippen LogP contribution < -0.4 is 5.73 Å². The summed E-state index contributed by atoms with van der Waals surface area (Å²) in [4.78, 5) is 12.1.